The molecule has 5 heteroatoms. The van der Waals surface area contributed by atoms with Crippen LogP contribution in [0, 0.1) is 6.92 Å². The Kier molecular flexibility index (Phi) is 8.71. The van der Waals surface area contributed by atoms with Crippen LogP contribution in [0.2, 0.25) is 0 Å². The summed E-state index contributed by atoms with van der Waals surface area (Å²) in [4.78, 5) is 17.7. The number of morpholine rings is 1. The molecule has 1 aliphatic rings. The SMILES string of the molecule is Cc1cccc(NC(=O)N(CCC(c2ccccc2)c2ccccc2)CCN2CCOCC2)c1. The Balaban J connectivity index is 1.48. The molecule has 1 fully saturated rings. The Morgan fingerprint density at radius 2 is 1.56 bits per heavy atom. The highest BCUT2D eigenvalue weighted by Gasteiger charge is 2.20. The summed E-state index contributed by atoms with van der Waals surface area (Å²) in [7, 11) is 0. The van der Waals surface area contributed by atoms with Crippen LogP contribution < -0.4 is 5.32 Å². The average molecular weight is 458 g/mol. The fraction of sp³-hybridized carbons (Fsp3) is 0.345. The second kappa shape index (κ2) is 12.4. The molecule has 3 aromatic rings. The van der Waals surface area contributed by atoms with Gasteiger partial charge in [-0.15, -0.1) is 0 Å². The second-order valence-corrected chi connectivity index (χ2v) is 8.90. The molecule has 0 atom stereocenters. The van der Waals surface area contributed by atoms with Crippen LogP contribution in [0.4, 0.5) is 10.5 Å². The molecule has 1 heterocycles. The molecule has 1 aliphatic heterocycles. The Hall–Kier alpha value is -3.15. The highest BCUT2D eigenvalue weighted by Crippen LogP contribution is 2.28. The first-order valence-corrected chi connectivity index (χ1v) is 12.2. The fourth-order valence-electron chi connectivity index (χ4n) is 4.51. The van der Waals surface area contributed by atoms with Gasteiger partial charge in [-0.25, -0.2) is 4.79 Å². The third-order valence-electron chi connectivity index (χ3n) is 6.44. The van der Waals surface area contributed by atoms with Gasteiger partial charge >= 0.3 is 6.03 Å². The number of nitrogens with one attached hydrogen (secondary N) is 1. The number of hydrogen-bond acceptors (Lipinski definition) is 3. The van der Waals surface area contributed by atoms with E-state index in [1.54, 1.807) is 0 Å². The highest BCUT2D eigenvalue weighted by atomic mass is 16.5. The quantitative estimate of drug-likeness (QED) is 0.469. The first kappa shape index (κ1) is 24.0. The normalized spacial score (nSPS) is 14.2. The van der Waals surface area contributed by atoms with Gasteiger partial charge in [0.1, 0.15) is 0 Å². The number of rotatable bonds is 9. The third kappa shape index (κ3) is 6.92. The number of amides is 2. The zero-order chi connectivity index (χ0) is 23.6. The van der Waals surface area contributed by atoms with Crippen molar-refractivity contribution in [3.8, 4) is 0 Å². The maximum Gasteiger partial charge on any atom is 0.321 e. The van der Waals surface area contributed by atoms with E-state index < -0.39 is 0 Å². The molecule has 0 aliphatic carbocycles. The molecule has 1 saturated heterocycles. The molecule has 0 aromatic heterocycles. The molecular formula is C29H35N3O2. The lowest BCUT2D eigenvalue weighted by Gasteiger charge is -2.31. The average Bonchev–Trinajstić information content (AvgIpc) is 2.88. The van der Waals surface area contributed by atoms with E-state index in [0.717, 1.165) is 50.5 Å². The van der Waals surface area contributed by atoms with Gasteiger partial charge < -0.3 is 15.0 Å². The molecule has 1 N–H and O–H groups in total. The number of carbonyl (C=O) groups is 1. The van der Waals surface area contributed by atoms with Gasteiger partial charge in [-0.2, -0.15) is 0 Å². The van der Waals surface area contributed by atoms with Gasteiger partial charge in [-0.05, 0) is 42.2 Å². The summed E-state index contributed by atoms with van der Waals surface area (Å²) in [5.74, 6) is 0.236. The van der Waals surface area contributed by atoms with Crippen LogP contribution in [0.5, 0.6) is 0 Å². The minimum Gasteiger partial charge on any atom is -0.379 e. The van der Waals surface area contributed by atoms with E-state index in [1.165, 1.54) is 11.1 Å². The molecule has 5 nitrogen and oxygen atoms in total. The van der Waals surface area contributed by atoms with Crippen molar-refractivity contribution in [2.24, 2.45) is 0 Å². The van der Waals surface area contributed by atoms with Gasteiger partial charge in [0, 0.05) is 44.3 Å². The Morgan fingerprint density at radius 1 is 0.912 bits per heavy atom. The van der Waals surface area contributed by atoms with Crippen molar-refractivity contribution < 1.29 is 9.53 Å². The van der Waals surface area contributed by atoms with Crippen molar-refractivity contribution in [2.45, 2.75) is 19.3 Å². The van der Waals surface area contributed by atoms with Crippen molar-refractivity contribution in [2.75, 3.05) is 51.3 Å². The Bertz CT molecular complexity index is 980. The molecule has 178 valence electrons. The number of benzene rings is 3. The number of hydrogen-bond donors (Lipinski definition) is 1. The number of aryl methyl sites for hydroxylation is 1. The lowest BCUT2D eigenvalue weighted by Crippen LogP contribution is -2.44. The van der Waals surface area contributed by atoms with Crippen LogP contribution in [0.3, 0.4) is 0 Å². The molecule has 0 bridgehead atoms. The standard InChI is InChI=1S/C29H35N3O2/c1-24-9-8-14-27(23-24)30-29(33)32(18-17-31-19-21-34-22-20-31)16-15-28(25-10-4-2-5-11-25)26-12-6-3-7-13-26/h2-14,23,28H,15-22H2,1H3,(H,30,33). The van der Waals surface area contributed by atoms with Crippen LogP contribution in [0.15, 0.2) is 84.9 Å². The maximum atomic E-state index is 13.4. The topological polar surface area (TPSA) is 44.8 Å². The Labute approximate surface area is 203 Å². The first-order valence-electron chi connectivity index (χ1n) is 12.2. The van der Waals surface area contributed by atoms with Crippen molar-refractivity contribution in [3.63, 3.8) is 0 Å². The molecule has 0 spiro atoms. The van der Waals surface area contributed by atoms with E-state index in [0.29, 0.717) is 13.1 Å². The van der Waals surface area contributed by atoms with Crippen molar-refractivity contribution in [1.29, 1.82) is 0 Å². The lowest BCUT2D eigenvalue weighted by molar-refractivity contribution is 0.0351. The summed E-state index contributed by atoms with van der Waals surface area (Å²) < 4.78 is 5.49. The highest BCUT2D eigenvalue weighted by molar-refractivity contribution is 5.89. The fourth-order valence-corrected chi connectivity index (χ4v) is 4.51. The molecule has 0 radical (unpaired) electrons. The predicted octanol–water partition coefficient (Wildman–Crippen LogP) is 5.38. The van der Waals surface area contributed by atoms with Crippen LogP contribution >= 0.6 is 0 Å². The molecule has 34 heavy (non-hydrogen) atoms. The van der Waals surface area contributed by atoms with Gasteiger partial charge in [0.2, 0.25) is 0 Å². The summed E-state index contributed by atoms with van der Waals surface area (Å²) >= 11 is 0. The smallest absolute Gasteiger partial charge is 0.321 e. The minimum absolute atomic E-state index is 0.0428. The van der Waals surface area contributed by atoms with Crippen LogP contribution in [-0.4, -0.2) is 61.8 Å². The van der Waals surface area contributed by atoms with Gasteiger partial charge in [0.05, 0.1) is 13.2 Å². The summed E-state index contributed by atoms with van der Waals surface area (Å²) in [6, 6.07) is 29.1. The summed E-state index contributed by atoms with van der Waals surface area (Å²) in [6.45, 7) is 7.62. The van der Waals surface area contributed by atoms with E-state index >= 15 is 0 Å². The van der Waals surface area contributed by atoms with E-state index in [4.69, 9.17) is 4.74 Å². The summed E-state index contributed by atoms with van der Waals surface area (Å²) in [5, 5.41) is 3.12. The number of nitrogens with zero attached hydrogens (tertiary/aromatic N) is 2. The number of urea groups is 1. The molecular weight excluding hydrogens is 422 g/mol. The van der Waals surface area contributed by atoms with Crippen LogP contribution in [0.1, 0.15) is 29.0 Å². The number of carbonyl (C=O) groups excluding carboxylic acids is 1. The number of anilines is 1. The molecule has 0 saturated carbocycles. The van der Waals surface area contributed by atoms with E-state index in [2.05, 4.69) is 70.9 Å². The van der Waals surface area contributed by atoms with E-state index in [9.17, 15) is 4.79 Å². The van der Waals surface area contributed by atoms with Gasteiger partial charge in [-0.1, -0.05) is 72.8 Å². The molecule has 3 aromatic carbocycles. The summed E-state index contributed by atoms with van der Waals surface area (Å²) in [6.07, 6.45) is 0.859. The zero-order valence-electron chi connectivity index (χ0n) is 20.0. The van der Waals surface area contributed by atoms with Gasteiger partial charge in [-0.3, -0.25) is 4.90 Å². The molecule has 4 rings (SSSR count). The van der Waals surface area contributed by atoms with E-state index in [1.807, 2.05) is 36.1 Å². The van der Waals surface area contributed by atoms with Crippen molar-refractivity contribution in [1.82, 2.24) is 9.80 Å². The largest absolute Gasteiger partial charge is 0.379 e. The van der Waals surface area contributed by atoms with Crippen molar-refractivity contribution in [3.05, 3.63) is 102 Å². The third-order valence-corrected chi connectivity index (χ3v) is 6.44. The van der Waals surface area contributed by atoms with Crippen LogP contribution in [0.25, 0.3) is 0 Å². The maximum absolute atomic E-state index is 13.4. The lowest BCUT2D eigenvalue weighted by atomic mass is 9.88. The first-order chi connectivity index (χ1) is 16.7. The summed E-state index contributed by atoms with van der Waals surface area (Å²) in [5.41, 5.74) is 4.52. The van der Waals surface area contributed by atoms with Crippen LogP contribution in [-0.2, 0) is 4.74 Å². The van der Waals surface area contributed by atoms with Gasteiger partial charge in [0.15, 0.2) is 0 Å². The van der Waals surface area contributed by atoms with E-state index in [-0.39, 0.29) is 11.9 Å². The predicted molar refractivity (Wildman–Crippen MR) is 138 cm³/mol. The van der Waals surface area contributed by atoms with Crippen molar-refractivity contribution >= 4 is 11.7 Å². The second-order valence-electron chi connectivity index (χ2n) is 8.90. The van der Waals surface area contributed by atoms with Gasteiger partial charge in [0.25, 0.3) is 0 Å². The molecule has 0 unspecified atom stereocenters. The zero-order valence-corrected chi connectivity index (χ0v) is 20.0. The monoisotopic (exact) mass is 457 g/mol. The Morgan fingerprint density at radius 3 is 2.18 bits per heavy atom. The minimum atomic E-state index is -0.0428. The molecule has 2 amide bonds. The number of ether oxygens (including phenoxy) is 1.